The number of imidazole rings is 1. The summed E-state index contributed by atoms with van der Waals surface area (Å²) in [5.41, 5.74) is 2.18. The molecule has 1 atom stereocenters. The summed E-state index contributed by atoms with van der Waals surface area (Å²) in [6, 6.07) is 4.73. The molecule has 0 bridgehead atoms. The van der Waals surface area contributed by atoms with Crippen molar-refractivity contribution in [3.8, 4) is 11.5 Å². The molecule has 22 heavy (non-hydrogen) atoms. The normalized spacial score (nSPS) is 20.7. The van der Waals surface area contributed by atoms with Crippen LogP contribution in [0.15, 0.2) is 12.1 Å². The van der Waals surface area contributed by atoms with Crippen LogP contribution in [0.1, 0.15) is 38.4 Å². The van der Waals surface area contributed by atoms with Crippen LogP contribution in [-0.4, -0.2) is 28.9 Å². The van der Waals surface area contributed by atoms with Crippen molar-refractivity contribution in [2.45, 2.75) is 51.6 Å². The molecule has 0 saturated carbocycles. The van der Waals surface area contributed by atoms with Crippen molar-refractivity contribution in [3.63, 3.8) is 0 Å². The van der Waals surface area contributed by atoms with Crippen molar-refractivity contribution in [2.75, 3.05) is 13.3 Å². The maximum Gasteiger partial charge on any atom is 0.231 e. The smallest absolute Gasteiger partial charge is 0.231 e. The van der Waals surface area contributed by atoms with Gasteiger partial charge < -0.3 is 19.4 Å². The number of rotatable bonds is 4. The lowest BCUT2D eigenvalue weighted by molar-refractivity contribution is 0.174. The molecule has 0 amide bonds. The summed E-state index contributed by atoms with van der Waals surface area (Å²) in [5.74, 6) is 2.80. The molecule has 1 fully saturated rings. The summed E-state index contributed by atoms with van der Waals surface area (Å²) in [6.07, 6.45) is 6.06. The molecule has 3 heterocycles. The predicted octanol–water partition coefficient (Wildman–Crippen LogP) is 2.86. The number of piperidine rings is 1. The number of hydrogen-bond donors (Lipinski definition) is 1. The molecule has 4 rings (SSSR count). The van der Waals surface area contributed by atoms with Crippen LogP contribution in [0.2, 0.25) is 0 Å². The molecule has 5 nitrogen and oxygen atoms in total. The van der Waals surface area contributed by atoms with Gasteiger partial charge in [-0.25, -0.2) is 4.98 Å². The molecule has 0 aliphatic carbocycles. The lowest BCUT2D eigenvalue weighted by Gasteiger charge is -2.24. The number of nitrogens with zero attached hydrogens (tertiary/aromatic N) is 2. The van der Waals surface area contributed by atoms with E-state index in [-0.39, 0.29) is 0 Å². The van der Waals surface area contributed by atoms with Crippen LogP contribution >= 0.6 is 0 Å². The molecule has 1 aromatic carbocycles. The van der Waals surface area contributed by atoms with E-state index in [1.54, 1.807) is 0 Å². The van der Waals surface area contributed by atoms with Gasteiger partial charge in [0.05, 0.1) is 11.0 Å². The first-order valence-electron chi connectivity index (χ1n) is 8.37. The van der Waals surface area contributed by atoms with Gasteiger partial charge in [0, 0.05) is 31.1 Å². The zero-order valence-corrected chi connectivity index (χ0v) is 13.1. The molecule has 1 N–H and O–H groups in total. The van der Waals surface area contributed by atoms with Crippen LogP contribution in [0.25, 0.3) is 11.0 Å². The van der Waals surface area contributed by atoms with Gasteiger partial charge in [-0.3, -0.25) is 0 Å². The minimum absolute atomic E-state index is 0.314. The Hall–Kier alpha value is -1.75. The van der Waals surface area contributed by atoms with E-state index in [0.29, 0.717) is 12.8 Å². The van der Waals surface area contributed by atoms with E-state index in [4.69, 9.17) is 14.5 Å². The standard InChI is InChI=1S/C17H23N3O2/c1-2-17-19-13-9-15-16(22-11-21-15)10-14(13)20(17)8-6-12-5-3-4-7-18-12/h9-10,12,18H,2-8,11H2,1H3. The molecule has 2 aliphatic rings. The summed E-state index contributed by atoms with van der Waals surface area (Å²) in [4.78, 5) is 4.78. The third-order valence-corrected chi connectivity index (χ3v) is 4.75. The fourth-order valence-electron chi connectivity index (χ4n) is 3.54. The minimum Gasteiger partial charge on any atom is -0.454 e. The number of aryl methyl sites for hydroxylation is 2. The van der Waals surface area contributed by atoms with Crippen LogP contribution in [-0.2, 0) is 13.0 Å². The van der Waals surface area contributed by atoms with E-state index < -0.39 is 0 Å². The number of fused-ring (bicyclic) bond motifs is 2. The average Bonchev–Trinajstić information content (AvgIpc) is 3.14. The first kappa shape index (κ1) is 13.9. The van der Waals surface area contributed by atoms with E-state index in [9.17, 15) is 0 Å². The molecule has 1 aromatic heterocycles. The van der Waals surface area contributed by atoms with Gasteiger partial charge in [-0.1, -0.05) is 13.3 Å². The monoisotopic (exact) mass is 301 g/mol. The fourth-order valence-corrected chi connectivity index (χ4v) is 3.54. The van der Waals surface area contributed by atoms with Gasteiger partial charge in [-0.15, -0.1) is 0 Å². The van der Waals surface area contributed by atoms with E-state index >= 15 is 0 Å². The van der Waals surface area contributed by atoms with E-state index in [0.717, 1.165) is 54.3 Å². The Morgan fingerprint density at radius 1 is 1.27 bits per heavy atom. The molecule has 2 aliphatic heterocycles. The van der Waals surface area contributed by atoms with Gasteiger partial charge in [-0.2, -0.15) is 0 Å². The average molecular weight is 301 g/mol. The number of benzene rings is 1. The highest BCUT2D eigenvalue weighted by molar-refractivity contribution is 5.81. The zero-order chi connectivity index (χ0) is 14.9. The number of aromatic nitrogens is 2. The maximum atomic E-state index is 5.52. The van der Waals surface area contributed by atoms with Gasteiger partial charge in [0.25, 0.3) is 0 Å². The molecule has 118 valence electrons. The molecule has 5 heteroatoms. The second-order valence-electron chi connectivity index (χ2n) is 6.16. The Morgan fingerprint density at radius 2 is 2.14 bits per heavy atom. The van der Waals surface area contributed by atoms with Crippen molar-refractivity contribution in [2.24, 2.45) is 0 Å². The SMILES string of the molecule is CCc1nc2cc3c(cc2n1CCC1CCCCN1)OCO3. The Morgan fingerprint density at radius 3 is 2.91 bits per heavy atom. The first-order valence-corrected chi connectivity index (χ1v) is 8.37. The van der Waals surface area contributed by atoms with Crippen molar-refractivity contribution in [3.05, 3.63) is 18.0 Å². The van der Waals surface area contributed by atoms with Crippen LogP contribution in [0.4, 0.5) is 0 Å². The lowest BCUT2D eigenvalue weighted by Crippen LogP contribution is -2.34. The molecular formula is C17H23N3O2. The quantitative estimate of drug-likeness (QED) is 0.943. The third kappa shape index (κ3) is 2.43. The maximum absolute atomic E-state index is 5.52. The minimum atomic E-state index is 0.314. The summed E-state index contributed by atoms with van der Waals surface area (Å²) < 4.78 is 13.3. The van der Waals surface area contributed by atoms with Gasteiger partial charge >= 0.3 is 0 Å². The summed E-state index contributed by atoms with van der Waals surface area (Å²) in [6.45, 7) is 4.65. The molecule has 0 spiro atoms. The molecule has 1 saturated heterocycles. The Labute approximate surface area is 130 Å². The van der Waals surface area contributed by atoms with Crippen molar-refractivity contribution >= 4 is 11.0 Å². The highest BCUT2D eigenvalue weighted by Gasteiger charge is 2.19. The van der Waals surface area contributed by atoms with Crippen molar-refractivity contribution in [1.29, 1.82) is 0 Å². The molecular weight excluding hydrogens is 278 g/mol. The summed E-state index contributed by atoms with van der Waals surface area (Å²) in [5, 5.41) is 3.63. The van der Waals surface area contributed by atoms with Crippen LogP contribution in [0, 0.1) is 0 Å². The fraction of sp³-hybridized carbons (Fsp3) is 0.588. The number of nitrogens with one attached hydrogen (secondary N) is 1. The predicted molar refractivity (Wildman–Crippen MR) is 85.5 cm³/mol. The third-order valence-electron chi connectivity index (χ3n) is 4.75. The van der Waals surface area contributed by atoms with E-state index in [1.807, 2.05) is 6.07 Å². The summed E-state index contributed by atoms with van der Waals surface area (Å²) >= 11 is 0. The van der Waals surface area contributed by atoms with Gasteiger partial charge in [0.15, 0.2) is 11.5 Å². The van der Waals surface area contributed by atoms with E-state index in [2.05, 4.69) is 22.9 Å². The van der Waals surface area contributed by atoms with Crippen LogP contribution < -0.4 is 14.8 Å². The van der Waals surface area contributed by atoms with Gasteiger partial charge in [0.2, 0.25) is 6.79 Å². The Bertz CT molecular complexity index is 674. The van der Waals surface area contributed by atoms with Crippen LogP contribution in [0.3, 0.4) is 0 Å². The largest absolute Gasteiger partial charge is 0.454 e. The highest BCUT2D eigenvalue weighted by atomic mass is 16.7. The Kier molecular flexibility index (Phi) is 3.66. The lowest BCUT2D eigenvalue weighted by atomic mass is 10.0. The highest BCUT2D eigenvalue weighted by Crippen LogP contribution is 2.36. The number of ether oxygens (including phenoxy) is 2. The molecule has 2 aromatic rings. The summed E-state index contributed by atoms with van der Waals surface area (Å²) in [7, 11) is 0. The van der Waals surface area contributed by atoms with Crippen molar-refractivity contribution in [1.82, 2.24) is 14.9 Å². The number of hydrogen-bond acceptors (Lipinski definition) is 4. The Balaban J connectivity index is 1.62. The van der Waals surface area contributed by atoms with Crippen molar-refractivity contribution < 1.29 is 9.47 Å². The van der Waals surface area contributed by atoms with Crippen LogP contribution in [0.5, 0.6) is 11.5 Å². The van der Waals surface area contributed by atoms with E-state index in [1.165, 1.54) is 19.3 Å². The second kappa shape index (κ2) is 5.80. The topological polar surface area (TPSA) is 48.3 Å². The van der Waals surface area contributed by atoms with Gasteiger partial charge in [-0.05, 0) is 25.8 Å². The first-order chi connectivity index (χ1) is 10.8. The second-order valence-corrected chi connectivity index (χ2v) is 6.16. The van der Waals surface area contributed by atoms with Gasteiger partial charge in [0.1, 0.15) is 5.82 Å². The molecule has 1 unspecified atom stereocenters. The molecule has 0 radical (unpaired) electrons. The zero-order valence-electron chi connectivity index (χ0n) is 13.1.